The summed E-state index contributed by atoms with van der Waals surface area (Å²) in [5, 5.41) is 4.23. The number of carbonyl (C=O) groups is 1. The Kier molecular flexibility index (Phi) is 3.89. The first-order valence-corrected chi connectivity index (χ1v) is 8.79. The zero-order valence-corrected chi connectivity index (χ0v) is 14.0. The molecule has 4 heterocycles. The second kappa shape index (κ2) is 5.91. The predicted octanol–water partition coefficient (Wildman–Crippen LogP) is 1.19. The molecule has 4 rings (SSSR count). The molecule has 6 nitrogen and oxygen atoms in total. The van der Waals surface area contributed by atoms with E-state index in [4.69, 9.17) is 4.74 Å². The molecule has 6 heteroatoms. The summed E-state index contributed by atoms with van der Waals surface area (Å²) in [5.41, 5.74) is 1.01. The van der Waals surface area contributed by atoms with Crippen LogP contribution in [-0.4, -0.2) is 63.8 Å². The van der Waals surface area contributed by atoms with Crippen molar-refractivity contribution in [3.05, 3.63) is 18.0 Å². The van der Waals surface area contributed by atoms with E-state index in [2.05, 4.69) is 21.8 Å². The summed E-state index contributed by atoms with van der Waals surface area (Å²) in [4.78, 5) is 17.9. The Bertz CT molecular complexity index is 587. The highest BCUT2D eigenvalue weighted by Gasteiger charge is 2.43. The highest BCUT2D eigenvalue weighted by Crippen LogP contribution is 2.37. The average molecular weight is 318 g/mol. The van der Waals surface area contributed by atoms with Crippen molar-refractivity contribution in [2.75, 3.05) is 26.2 Å². The third-order valence-electron chi connectivity index (χ3n) is 5.78. The lowest BCUT2D eigenvalue weighted by molar-refractivity contribution is -0.143. The normalized spacial score (nSPS) is 34.8. The maximum absolute atomic E-state index is 13.2. The van der Waals surface area contributed by atoms with Crippen LogP contribution in [0.5, 0.6) is 0 Å². The Labute approximate surface area is 137 Å². The highest BCUT2D eigenvalue weighted by atomic mass is 16.5. The Morgan fingerprint density at radius 3 is 3.00 bits per heavy atom. The summed E-state index contributed by atoms with van der Waals surface area (Å²) >= 11 is 0. The molecule has 0 radical (unpaired) electrons. The SMILES string of the molecule is C[C@@H]1CN2CCC[C@H]2CN1C(=O)[C@@H]1CCO[C@H]1c1ccnn1C. The van der Waals surface area contributed by atoms with Gasteiger partial charge in [-0.25, -0.2) is 0 Å². The van der Waals surface area contributed by atoms with Crippen LogP contribution in [-0.2, 0) is 16.6 Å². The third kappa shape index (κ3) is 2.58. The van der Waals surface area contributed by atoms with Crippen LogP contribution in [0.3, 0.4) is 0 Å². The van der Waals surface area contributed by atoms with E-state index in [0.29, 0.717) is 18.7 Å². The van der Waals surface area contributed by atoms with Gasteiger partial charge in [-0.3, -0.25) is 14.4 Å². The Hall–Kier alpha value is -1.40. The van der Waals surface area contributed by atoms with Gasteiger partial charge in [0.2, 0.25) is 5.91 Å². The topological polar surface area (TPSA) is 50.6 Å². The Morgan fingerprint density at radius 1 is 1.35 bits per heavy atom. The number of hydrogen-bond acceptors (Lipinski definition) is 4. The van der Waals surface area contributed by atoms with Crippen molar-refractivity contribution >= 4 is 5.91 Å². The highest BCUT2D eigenvalue weighted by molar-refractivity contribution is 5.80. The van der Waals surface area contributed by atoms with Gasteiger partial charge < -0.3 is 9.64 Å². The van der Waals surface area contributed by atoms with E-state index >= 15 is 0 Å². The molecule has 126 valence electrons. The minimum atomic E-state index is -0.149. The van der Waals surface area contributed by atoms with Gasteiger partial charge in [0.25, 0.3) is 0 Å². The number of fused-ring (bicyclic) bond motifs is 1. The van der Waals surface area contributed by atoms with E-state index in [1.807, 2.05) is 17.8 Å². The molecule has 1 aromatic rings. The lowest BCUT2D eigenvalue weighted by Gasteiger charge is -2.43. The number of ether oxygens (including phenoxy) is 1. The second-order valence-electron chi connectivity index (χ2n) is 7.20. The number of aryl methyl sites for hydroxylation is 1. The number of carbonyl (C=O) groups excluding carboxylic acids is 1. The number of rotatable bonds is 2. The van der Waals surface area contributed by atoms with Gasteiger partial charge in [0.15, 0.2) is 0 Å². The van der Waals surface area contributed by atoms with Crippen LogP contribution < -0.4 is 0 Å². The largest absolute Gasteiger partial charge is 0.371 e. The van der Waals surface area contributed by atoms with Gasteiger partial charge in [-0.2, -0.15) is 5.10 Å². The summed E-state index contributed by atoms with van der Waals surface area (Å²) in [6, 6.07) is 2.83. The van der Waals surface area contributed by atoms with Crippen LogP contribution in [0, 0.1) is 5.92 Å². The van der Waals surface area contributed by atoms with Crippen LogP contribution >= 0.6 is 0 Å². The van der Waals surface area contributed by atoms with Gasteiger partial charge in [-0.05, 0) is 38.8 Å². The molecule has 0 spiro atoms. The summed E-state index contributed by atoms with van der Waals surface area (Å²) in [7, 11) is 1.92. The Morgan fingerprint density at radius 2 is 2.22 bits per heavy atom. The van der Waals surface area contributed by atoms with Gasteiger partial charge in [-0.15, -0.1) is 0 Å². The molecule has 3 fully saturated rings. The molecule has 0 bridgehead atoms. The molecular weight excluding hydrogens is 292 g/mol. The lowest BCUT2D eigenvalue weighted by Crippen LogP contribution is -2.58. The van der Waals surface area contributed by atoms with Crippen molar-refractivity contribution in [2.45, 2.75) is 44.4 Å². The minimum absolute atomic E-state index is 0.0687. The number of aromatic nitrogens is 2. The average Bonchev–Trinajstić information content (AvgIpc) is 3.24. The first kappa shape index (κ1) is 15.1. The van der Waals surface area contributed by atoms with E-state index in [1.165, 1.54) is 19.4 Å². The standard InChI is InChI=1S/C17H26N4O2/c1-12-10-20-8-3-4-13(20)11-21(12)17(22)14-6-9-23-16(14)15-5-7-18-19(15)2/h5,7,12-14,16H,3-4,6,8-11H2,1-2H3/t12-,13+,14-,16-/m1/s1. The fraction of sp³-hybridized carbons (Fsp3) is 0.765. The third-order valence-corrected chi connectivity index (χ3v) is 5.78. The summed E-state index contributed by atoms with van der Waals surface area (Å²) in [6.45, 7) is 5.93. The van der Waals surface area contributed by atoms with Gasteiger partial charge in [0.1, 0.15) is 6.10 Å². The fourth-order valence-electron chi connectivity index (χ4n) is 4.50. The van der Waals surface area contributed by atoms with Crippen molar-refractivity contribution in [1.82, 2.24) is 19.6 Å². The van der Waals surface area contributed by atoms with Crippen molar-refractivity contribution in [3.8, 4) is 0 Å². The van der Waals surface area contributed by atoms with Crippen molar-refractivity contribution in [2.24, 2.45) is 13.0 Å². The van der Waals surface area contributed by atoms with Crippen molar-refractivity contribution < 1.29 is 9.53 Å². The van der Waals surface area contributed by atoms with Crippen LogP contribution in [0.15, 0.2) is 12.3 Å². The summed E-state index contributed by atoms with van der Waals surface area (Å²) < 4.78 is 7.73. The zero-order valence-electron chi connectivity index (χ0n) is 14.0. The van der Waals surface area contributed by atoms with E-state index < -0.39 is 0 Å². The number of nitrogens with zero attached hydrogens (tertiary/aromatic N) is 4. The smallest absolute Gasteiger partial charge is 0.229 e. The summed E-state index contributed by atoms with van der Waals surface area (Å²) in [5.74, 6) is 0.202. The fourth-order valence-corrected chi connectivity index (χ4v) is 4.50. The van der Waals surface area contributed by atoms with Gasteiger partial charge >= 0.3 is 0 Å². The van der Waals surface area contributed by atoms with E-state index in [0.717, 1.165) is 25.2 Å². The molecule has 23 heavy (non-hydrogen) atoms. The molecule has 0 saturated carbocycles. The molecular formula is C17H26N4O2. The summed E-state index contributed by atoms with van der Waals surface area (Å²) in [6.07, 6.45) is 4.93. The maximum atomic E-state index is 13.2. The molecule has 0 aliphatic carbocycles. The van der Waals surface area contributed by atoms with Crippen LogP contribution in [0.4, 0.5) is 0 Å². The number of hydrogen-bond donors (Lipinski definition) is 0. The molecule has 3 aliphatic rings. The minimum Gasteiger partial charge on any atom is -0.371 e. The van der Waals surface area contributed by atoms with Gasteiger partial charge in [0, 0.05) is 45.0 Å². The van der Waals surface area contributed by atoms with Crippen LogP contribution in [0.2, 0.25) is 0 Å². The second-order valence-corrected chi connectivity index (χ2v) is 7.20. The van der Waals surface area contributed by atoms with Crippen LogP contribution in [0.25, 0.3) is 0 Å². The molecule has 1 amide bonds. The van der Waals surface area contributed by atoms with E-state index in [9.17, 15) is 4.79 Å². The lowest BCUT2D eigenvalue weighted by atomic mass is 9.95. The first-order chi connectivity index (χ1) is 11.1. The zero-order chi connectivity index (χ0) is 16.0. The molecule has 1 aromatic heterocycles. The van der Waals surface area contributed by atoms with E-state index in [1.54, 1.807) is 6.20 Å². The maximum Gasteiger partial charge on any atom is 0.229 e. The molecule has 3 aliphatic heterocycles. The monoisotopic (exact) mass is 318 g/mol. The molecule has 4 atom stereocenters. The number of amides is 1. The molecule has 0 N–H and O–H groups in total. The van der Waals surface area contributed by atoms with Gasteiger partial charge in [-0.1, -0.05) is 0 Å². The van der Waals surface area contributed by atoms with Crippen molar-refractivity contribution in [1.29, 1.82) is 0 Å². The van der Waals surface area contributed by atoms with Gasteiger partial charge in [0.05, 0.1) is 11.6 Å². The van der Waals surface area contributed by atoms with Crippen molar-refractivity contribution in [3.63, 3.8) is 0 Å². The molecule has 0 unspecified atom stereocenters. The van der Waals surface area contributed by atoms with Crippen LogP contribution in [0.1, 0.15) is 38.0 Å². The number of piperazine rings is 1. The Balaban J connectivity index is 1.52. The molecule has 0 aromatic carbocycles. The quantitative estimate of drug-likeness (QED) is 0.822. The predicted molar refractivity (Wildman–Crippen MR) is 85.8 cm³/mol. The molecule has 3 saturated heterocycles. The van der Waals surface area contributed by atoms with E-state index in [-0.39, 0.29) is 17.9 Å². The first-order valence-electron chi connectivity index (χ1n) is 8.79.